The lowest BCUT2D eigenvalue weighted by Crippen LogP contribution is -1.99. The van der Waals surface area contributed by atoms with Crippen molar-refractivity contribution in [2.24, 2.45) is 7.05 Å². The maximum Gasteiger partial charge on any atom is 0.248 e. The van der Waals surface area contributed by atoms with Gasteiger partial charge in [-0.05, 0) is 54.8 Å². The third kappa shape index (κ3) is 2.38. The monoisotopic (exact) mass is 312 g/mol. The number of fused-ring (bicyclic) bond motifs is 1. The molecule has 6 heteroatoms. The van der Waals surface area contributed by atoms with Crippen LogP contribution in [0.15, 0.2) is 24.4 Å². The topological polar surface area (TPSA) is 63.7 Å². The van der Waals surface area contributed by atoms with Crippen LogP contribution < -0.4 is 4.74 Å². The number of ether oxygens (including phenoxy) is 1. The molecule has 0 aliphatic heterocycles. The summed E-state index contributed by atoms with van der Waals surface area (Å²) in [6.07, 6.45) is 1.88. The van der Waals surface area contributed by atoms with E-state index in [1.165, 1.54) is 0 Å². The van der Waals surface area contributed by atoms with Crippen molar-refractivity contribution in [2.45, 2.75) is 13.8 Å². The van der Waals surface area contributed by atoms with Crippen LogP contribution in [0.4, 0.5) is 0 Å². The molecule has 2 heterocycles. The molecule has 22 heavy (non-hydrogen) atoms. The van der Waals surface area contributed by atoms with Gasteiger partial charge in [0, 0.05) is 13.2 Å². The molecule has 0 aliphatic rings. The first-order valence-corrected chi connectivity index (χ1v) is 7.05. The average Bonchev–Trinajstić information content (AvgIpc) is 2.83. The summed E-state index contributed by atoms with van der Waals surface area (Å²) in [4.78, 5) is 8.38. The zero-order valence-electron chi connectivity index (χ0n) is 12.4. The molecule has 0 radical (unpaired) electrons. The SMILES string of the molecule is Cc1cc(C#N)cc(C)c1Oc1nc(Cl)nc2ccn(C)c12. The zero-order valence-corrected chi connectivity index (χ0v) is 13.1. The highest BCUT2D eigenvalue weighted by Crippen LogP contribution is 2.33. The van der Waals surface area contributed by atoms with Crippen LogP contribution in [-0.2, 0) is 7.05 Å². The summed E-state index contributed by atoms with van der Waals surface area (Å²) in [5, 5.41) is 9.16. The maximum absolute atomic E-state index is 9.02. The van der Waals surface area contributed by atoms with Gasteiger partial charge in [0.05, 0.1) is 17.1 Å². The summed E-state index contributed by atoms with van der Waals surface area (Å²) in [6.45, 7) is 3.79. The molecule has 0 saturated heterocycles. The summed E-state index contributed by atoms with van der Waals surface area (Å²) in [7, 11) is 1.89. The van der Waals surface area contributed by atoms with Gasteiger partial charge in [-0.2, -0.15) is 10.2 Å². The highest BCUT2D eigenvalue weighted by molar-refractivity contribution is 6.28. The minimum atomic E-state index is 0.137. The molecule has 0 N–H and O–H groups in total. The lowest BCUT2D eigenvalue weighted by atomic mass is 10.1. The van der Waals surface area contributed by atoms with Gasteiger partial charge in [0.1, 0.15) is 11.3 Å². The van der Waals surface area contributed by atoms with Crippen molar-refractivity contribution in [1.29, 1.82) is 5.26 Å². The Morgan fingerprint density at radius 2 is 1.91 bits per heavy atom. The number of aromatic nitrogens is 3. The van der Waals surface area contributed by atoms with E-state index in [9.17, 15) is 0 Å². The van der Waals surface area contributed by atoms with Crippen LogP contribution in [0.3, 0.4) is 0 Å². The van der Waals surface area contributed by atoms with Crippen LogP contribution in [0.25, 0.3) is 11.0 Å². The second-order valence-electron chi connectivity index (χ2n) is 5.11. The number of halogens is 1. The van der Waals surface area contributed by atoms with Crippen molar-refractivity contribution < 1.29 is 4.74 Å². The largest absolute Gasteiger partial charge is 0.436 e. The Kier molecular flexibility index (Phi) is 3.47. The average molecular weight is 313 g/mol. The minimum absolute atomic E-state index is 0.137. The number of benzene rings is 1. The maximum atomic E-state index is 9.02. The van der Waals surface area contributed by atoms with Crippen LogP contribution in [0, 0.1) is 25.2 Å². The lowest BCUT2D eigenvalue weighted by Gasteiger charge is -2.13. The van der Waals surface area contributed by atoms with Crippen LogP contribution in [0.1, 0.15) is 16.7 Å². The van der Waals surface area contributed by atoms with E-state index < -0.39 is 0 Å². The Morgan fingerprint density at radius 3 is 2.55 bits per heavy atom. The number of aryl methyl sites for hydroxylation is 3. The van der Waals surface area contributed by atoms with E-state index in [0.717, 1.165) is 22.2 Å². The third-order valence-electron chi connectivity index (χ3n) is 3.45. The summed E-state index contributed by atoms with van der Waals surface area (Å²) in [5.41, 5.74) is 3.84. The van der Waals surface area contributed by atoms with Crippen LogP contribution in [0.2, 0.25) is 5.28 Å². The first-order valence-electron chi connectivity index (χ1n) is 6.67. The molecule has 2 aromatic heterocycles. The molecule has 0 bridgehead atoms. The van der Waals surface area contributed by atoms with E-state index in [2.05, 4.69) is 16.0 Å². The molecule has 0 atom stereocenters. The molecule has 0 unspecified atom stereocenters. The van der Waals surface area contributed by atoms with Gasteiger partial charge < -0.3 is 9.30 Å². The van der Waals surface area contributed by atoms with Gasteiger partial charge in [-0.1, -0.05) is 0 Å². The fourth-order valence-electron chi connectivity index (χ4n) is 2.47. The minimum Gasteiger partial charge on any atom is -0.436 e. The Morgan fingerprint density at radius 1 is 1.23 bits per heavy atom. The number of hydrogen-bond acceptors (Lipinski definition) is 4. The molecule has 0 spiro atoms. The van der Waals surface area contributed by atoms with Crippen LogP contribution >= 0.6 is 11.6 Å². The van der Waals surface area contributed by atoms with Gasteiger partial charge in [0.25, 0.3) is 0 Å². The van der Waals surface area contributed by atoms with Crippen LogP contribution in [-0.4, -0.2) is 14.5 Å². The van der Waals surface area contributed by atoms with E-state index >= 15 is 0 Å². The van der Waals surface area contributed by atoms with Crippen molar-refractivity contribution >= 4 is 22.6 Å². The fourth-order valence-corrected chi connectivity index (χ4v) is 2.64. The molecule has 110 valence electrons. The highest BCUT2D eigenvalue weighted by Gasteiger charge is 2.15. The van der Waals surface area contributed by atoms with Crippen LogP contribution in [0.5, 0.6) is 11.6 Å². The van der Waals surface area contributed by atoms with Crippen molar-refractivity contribution in [3.05, 3.63) is 46.4 Å². The van der Waals surface area contributed by atoms with Gasteiger partial charge >= 0.3 is 0 Å². The number of nitrogens with zero attached hydrogens (tertiary/aromatic N) is 4. The van der Waals surface area contributed by atoms with Crippen molar-refractivity contribution in [3.63, 3.8) is 0 Å². The van der Waals surface area contributed by atoms with Crippen molar-refractivity contribution in [1.82, 2.24) is 14.5 Å². The number of rotatable bonds is 2. The van der Waals surface area contributed by atoms with Gasteiger partial charge in [-0.15, -0.1) is 0 Å². The number of nitriles is 1. The van der Waals surface area contributed by atoms with E-state index in [4.69, 9.17) is 21.6 Å². The Labute approximate surface area is 132 Å². The van der Waals surface area contributed by atoms with Gasteiger partial charge in [-0.25, -0.2) is 4.98 Å². The standard InChI is InChI=1S/C16H13ClN4O/c1-9-6-11(8-18)7-10(2)14(9)22-15-13-12(4-5-21(13)3)19-16(17)20-15/h4-7H,1-3H3. The fraction of sp³-hybridized carbons (Fsp3) is 0.188. The van der Waals surface area contributed by atoms with E-state index in [0.29, 0.717) is 17.2 Å². The van der Waals surface area contributed by atoms with Gasteiger partial charge in [0.15, 0.2) is 0 Å². The summed E-state index contributed by atoms with van der Waals surface area (Å²) in [6, 6.07) is 7.56. The molecule has 3 aromatic rings. The van der Waals surface area contributed by atoms with E-state index in [-0.39, 0.29) is 5.28 Å². The third-order valence-corrected chi connectivity index (χ3v) is 3.62. The zero-order chi connectivity index (χ0) is 15.9. The predicted molar refractivity (Wildman–Crippen MR) is 84.2 cm³/mol. The van der Waals surface area contributed by atoms with E-state index in [1.807, 2.05) is 37.7 Å². The normalized spacial score (nSPS) is 10.7. The molecule has 0 amide bonds. The van der Waals surface area contributed by atoms with E-state index in [1.54, 1.807) is 12.1 Å². The molecule has 1 aromatic carbocycles. The second kappa shape index (κ2) is 5.32. The molecular formula is C16H13ClN4O. The molecule has 5 nitrogen and oxygen atoms in total. The summed E-state index contributed by atoms with van der Waals surface area (Å²) >= 11 is 5.97. The Balaban J connectivity index is 2.15. The van der Waals surface area contributed by atoms with Crippen molar-refractivity contribution in [3.8, 4) is 17.7 Å². The Bertz CT molecular complexity index is 901. The molecule has 0 fully saturated rings. The number of hydrogen-bond donors (Lipinski definition) is 0. The summed E-state index contributed by atoms with van der Waals surface area (Å²) in [5.74, 6) is 1.08. The lowest BCUT2D eigenvalue weighted by molar-refractivity contribution is 0.458. The first kappa shape index (κ1) is 14.4. The second-order valence-corrected chi connectivity index (χ2v) is 5.45. The molecular weight excluding hydrogens is 300 g/mol. The molecule has 0 saturated carbocycles. The summed E-state index contributed by atoms with van der Waals surface area (Å²) < 4.78 is 7.89. The van der Waals surface area contributed by atoms with Gasteiger partial charge in [-0.3, -0.25) is 0 Å². The highest BCUT2D eigenvalue weighted by atomic mass is 35.5. The van der Waals surface area contributed by atoms with Gasteiger partial charge in [0.2, 0.25) is 11.2 Å². The predicted octanol–water partition coefficient (Wildman–Crippen LogP) is 3.90. The Hall–Kier alpha value is -2.58. The first-order chi connectivity index (χ1) is 10.5. The smallest absolute Gasteiger partial charge is 0.248 e. The van der Waals surface area contributed by atoms with Crippen molar-refractivity contribution in [2.75, 3.05) is 0 Å². The quantitative estimate of drug-likeness (QED) is 0.673. The molecule has 0 aliphatic carbocycles. The molecule has 3 rings (SSSR count).